The Hall–Kier alpha value is -3.80. The second kappa shape index (κ2) is 8.29. The van der Waals surface area contributed by atoms with Gasteiger partial charge in [0.25, 0.3) is 5.91 Å². The summed E-state index contributed by atoms with van der Waals surface area (Å²) in [6.07, 6.45) is 5.54. The Morgan fingerprint density at radius 1 is 1.23 bits per heavy atom. The number of ether oxygens (including phenoxy) is 1. The number of amides is 1. The minimum Gasteiger partial charge on any atom is -0.472 e. The van der Waals surface area contributed by atoms with Crippen LogP contribution >= 0.6 is 0 Å². The van der Waals surface area contributed by atoms with E-state index in [-0.39, 0.29) is 29.3 Å². The SMILES string of the molecule is C[C@@H]1CC[C@@H](Oc2cc(C#N)ccn2)CN1C(=O)c1cccc(F)c1-n1nccn1. The molecule has 8 nitrogen and oxygen atoms in total. The zero-order valence-electron chi connectivity index (χ0n) is 16.3. The first-order chi connectivity index (χ1) is 14.6. The summed E-state index contributed by atoms with van der Waals surface area (Å²) in [6.45, 7) is 2.27. The molecule has 1 aliphatic rings. The number of hydrogen-bond acceptors (Lipinski definition) is 6. The van der Waals surface area contributed by atoms with Crippen LogP contribution in [0.4, 0.5) is 4.39 Å². The van der Waals surface area contributed by atoms with Gasteiger partial charge in [-0.3, -0.25) is 4.79 Å². The summed E-state index contributed by atoms with van der Waals surface area (Å²) >= 11 is 0. The number of carbonyl (C=O) groups excluding carboxylic acids is 1. The number of nitrogens with zero attached hydrogens (tertiary/aromatic N) is 6. The van der Waals surface area contributed by atoms with Crippen molar-refractivity contribution in [2.75, 3.05) is 6.54 Å². The van der Waals surface area contributed by atoms with Crippen LogP contribution in [-0.2, 0) is 0 Å². The lowest BCUT2D eigenvalue weighted by atomic mass is 9.99. The average Bonchev–Trinajstić information content (AvgIpc) is 3.29. The van der Waals surface area contributed by atoms with Gasteiger partial charge < -0.3 is 9.64 Å². The molecule has 0 bridgehead atoms. The van der Waals surface area contributed by atoms with Crippen molar-refractivity contribution in [3.05, 3.63) is 65.9 Å². The number of nitriles is 1. The standard InChI is InChI=1S/C21H19FN6O2/c1-14-5-6-16(30-19-11-15(12-23)7-8-24-19)13-27(14)21(29)17-3-2-4-18(22)20(17)28-25-9-10-26-28/h2-4,7-11,14,16H,5-6,13H2,1H3/t14-,16-/m1/s1. The third kappa shape index (κ3) is 3.85. The number of piperidine rings is 1. The van der Waals surface area contributed by atoms with E-state index in [1.807, 2.05) is 6.92 Å². The fourth-order valence-corrected chi connectivity index (χ4v) is 3.54. The lowest BCUT2D eigenvalue weighted by Crippen LogP contribution is -2.49. The monoisotopic (exact) mass is 406 g/mol. The van der Waals surface area contributed by atoms with Crippen molar-refractivity contribution in [1.29, 1.82) is 5.26 Å². The lowest BCUT2D eigenvalue weighted by molar-refractivity contribution is 0.0372. The minimum atomic E-state index is -0.577. The molecular formula is C21H19FN6O2. The van der Waals surface area contributed by atoms with E-state index in [1.54, 1.807) is 23.1 Å². The smallest absolute Gasteiger partial charge is 0.256 e. The molecule has 3 aromatic rings. The summed E-state index contributed by atoms with van der Waals surface area (Å²) in [4.78, 5) is 20.3. The molecule has 0 aliphatic carbocycles. The number of likely N-dealkylation sites (tertiary alicyclic amines) is 1. The van der Waals surface area contributed by atoms with E-state index < -0.39 is 5.82 Å². The molecule has 2 aromatic heterocycles. The lowest BCUT2D eigenvalue weighted by Gasteiger charge is -2.38. The van der Waals surface area contributed by atoms with Crippen molar-refractivity contribution in [1.82, 2.24) is 24.9 Å². The summed E-state index contributed by atoms with van der Waals surface area (Å²) < 4.78 is 20.5. The van der Waals surface area contributed by atoms with E-state index in [4.69, 9.17) is 10.00 Å². The summed E-state index contributed by atoms with van der Waals surface area (Å²) in [5.74, 6) is -0.554. The van der Waals surface area contributed by atoms with Crippen LogP contribution in [0.25, 0.3) is 5.69 Å². The van der Waals surface area contributed by atoms with Crippen molar-refractivity contribution >= 4 is 5.91 Å². The van der Waals surface area contributed by atoms with Crippen molar-refractivity contribution in [2.45, 2.75) is 31.9 Å². The summed E-state index contributed by atoms with van der Waals surface area (Å²) in [5.41, 5.74) is 0.655. The third-order valence-corrected chi connectivity index (χ3v) is 5.09. The first-order valence-corrected chi connectivity index (χ1v) is 9.56. The normalized spacial score (nSPS) is 18.6. The molecule has 9 heteroatoms. The maximum absolute atomic E-state index is 14.5. The number of hydrogen-bond donors (Lipinski definition) is 0. The summed E-state index contributed by atoms with van der Waals surface area (Å²) in [5, 5.41) is 17.0. The highest BCUT2D eigenvalue weighted by molar-refractivity contribution is 5.98. The molecule has 2 atom stereocenters. The molecule has 0 unspecified atom stereocenters. The summed E-state index contributed by atoms with van der Waals surface area (Å²) in [7, 11) is 0. The van der Waals surface area contributed by atoms with Gasteiger partial charge in [0.2, 0.25) is 5.88 Å². The van der Waals surface area contributed by atoms with Gasteiger partial charge in [-0.25, -0.2) is 9.37 Å². The fourth-order valence-electron chi connectivity index (χ4n) is 3.54. The Bertz CT molecular complexity index is 1100. The second-order valence-electron chi connectivity index (χ2n) is 7.07. The zero-order chi connectivity index (χ0) is 21.1. The maximum Gasteiger partial charge on any atom is 0.256 e. The Balaban J connectivity index is 1.58. The fraction of sp³-hybridized carbons (Fsp3) is 0.286. The second-order valence-corrected chi connectivity index (χ2v) is 7.07. The van der Waals surface area contributed by atoms with Gasteiger partial charge in [0, 0.05) is 18.3 Å². The molecule has 0 radical (unpaired) electrons. The van der Waals surface area contributed by atoms with Gasteiger partial charge >= 0.3 is 0 Å². The molecule has 1 fully saturated rings. The molecule has 0 N–H and O–H groups in total. The van der Waals surface area contributed by atoms with E-state index in [9.17, 15) is 9.18 Å². The number of aromatic nitrogens is 4. The molecule has 0 saturated carbocycles. The molecule has 3 heterocycles. The van der Waals surface area contributed by atoms with Gasteiger partial charge in [0.15, 0.2) is 5.82 Å². The first-order valence-electron chi connectivity index (χ1n) is 9.56. The van der Waals surface area contributed by atoms with E-state index in [2.05, 4.69) is 21.3 Å². The molecule has 1 aliphatic heterocycles. The molecule has 30 heavy (non-hydrogen) atoms. The number of halogens is 1. The van der Waals surface area contributed by atoms with E-state index in [1.165, 1.54) is 30.7 Å². The van der Waals surface area contributed by atoms with Crippen LogP contribution in [-0.4, -0.2) is 49.5 Å². The maximum atomic E-state index is 14.5. The number of para-hydroxylation sites is 1. The Kier molecular flexibility index (Phi) is 5.39. The Morgan fingerprint density at radius 3 is 2.80 bits per heavy atom. The highest BCUT2D eigenvalue weighted by Crippen LogP contribution is 2.26. The largest absolute Gasteiger partial charge is 0.472 e. The average molecular weight is 406 g/mol. The van der Waals surface area contributed by atoms with E-state index >= 15 is 0 Å². The van der Waals surface area contributed by atoms with Gasteiger partial charge in [0.05, 0.1) is 36.1 Å². The zero-order valence-corrected chi connectivity index (χ0v) is 16.3. The van der Waals surface area contributed by atoms with Gasteiger partial charge in [-0.05, 0) is 38.0 Å². The highest BCUT2D eigenvalue weighted by Gasteiger charge is 2.33. The van der Waals surface area contributed by atoms with Crippen LogP contribution < -0.4 is 4.74 Å². The van der Waals surface area contributed by atoms with Crippen LogP contribution in [0.1, 0.15) is 35.7 Å². The van der Waals surface area contributed by atoms with Gasteiger partial charge in [-0.15, -0.1) is 4.80 Å². The highest BCUT2D eigenvalue weighted by atomic mass is 19.1. The predicted molar refractivity (Wildman–Crippen MR) is 104 cm³/mol. The van der Waals surface area contributed by atoms with Crippen molar-refractivity contribution < 1.29 is 13.9 Å². The minimum absolute atomic E-state index is 0.0196. The van der Waals surface area contributed by atoms with Crippen LogP contribution in [0.15, 0.2) is 48.9 Å². The van der Waals surface area contributed by atoms with Crippen molar-refractivity contribution in [3.63, 3.8) is 0 Å². The van der Waals surface area contributed by atoms with Gasteiger partial charge in [-0.2, -0.15) is 15.5 Å². The number of pyridine rings is 1. The Morgan fingerprint density at radius 2 is 2.03 bits per heavy atom. The van der Waals surface area contributed by atoms with Crippen LogP contribution in [0.5, 0.6) is 5.88 Å². The third-order valence-electron chi connectivity index (χ3n) is 5.09. The van der Waals surface area contributed by atoms with Crippen LogP contribution in [0.3, 0.4) is 0 Å². The molecule has 152 valence electrons. The molecule has 1 saturated heterocycles. The number of carbonyl (C=O) groups is 1. The topological polar surface area (TPSA) is 96.9 Å². The van der Waals surface area contributed by atoms with Gasteiger partial charge in [-0.1, -0.05) is 6.07 Å². The molecule has 1 amide bonds. The quantitative estimate of drug-likeness (QED) is 0.661. The van der Waals surface area contributed by atoms with Crippen molar-refractivity contribution in [3.8, 4) is 17.6 Å². The van der Waals surface area contributed by atoms with Crippen LogP contribution in [0.2, 0.25) is 0 Å². The van der Waals surface area contributed by atoms with Gasteiger partial charge in [0.1, 0.15) is 11.8 Å². The van der Waals surface area contributed by atoms with Crippen LogP contribution in [0, 0.1) is 17.1 Å². The number of benzene rings is 1. The number of rotatable bonds is 4. The molecule has 0 spiro atoms. The molecule has 4 rings (SSSR count). The first kappa shape index (κ1) is 19.5. The van der Waals surface area contributed by atoms with E-state index in [0.29, 0.717) is 18.0 Å². The van der Waals surface area contributed by atoms with E-state index in [0.717, 1.165) is 17.6 Å². The predicted octanol–water partition coefficient (Wildman–Crippen LogP) is 2.75. The molecule has 1 aromatic carbocycles. The Labute approximate surface area is 172 Å². The van der Waals surface area contributed by atoms with Crippen molar-refractivity contribution in [2.24, 2.45) is 0 Å². The molecular weight excluding hydrogens is 387 g/mol. The summed E-state index contributed by atoms with van der Waals surface area (Å²) in [6, 6.07) is 9.51.